The van der Waals surface area contributed by atoms with Crippen molar-refractivity contribution < 1.29 is 0 Å². The van der Waals surface area contributed by atoms with Crippen LogP contribution in [0.1, 0.15) is 5.56 Å². The Hall–Kier alpha value is -1.53. The lowest BCUT2D eigenvalue weighted by atomic mass is 10.1. The van der Waals surface area contributed by atoms with Crippen molar-refractivity contribution in [1.82, 2.24) is 0 Å². The third kappa shape index (κ3) is 1.22. The molecule has 0 amide bonds. The van der Waals surface area contributed by atoms with Gasteiger partial charge in [-0.15, -0.1) is 0 Å². The fourth-order valence-corrected chi connectivity index (χ4v) is 2.29. The molecule has 2 aromatic carbocycles. The van der Waals surface area contributed by atoms with Crippen LogP contribution in [0.3, 0.4) is 0 Å². The molecule has 0 spiro atoms. The van der Waals surface area contributed by atoms with Gasteiger partial charge in [-0.2, -0.15) is 0 Å². The van der Waals surface area contributed by atoms with E-state index in [2.05, 4.69) is 36.4 Å². The van der Waals surface area contributed by atoms with E-state index in [0.717, 1.165) is 5.22 Å². The zero-order valence-electron chi connectivity index (χ0n) is 8.07. The Labute approximate surface area is 93.1 Å². The molecule has 0 fully saturated rings. The maximum atomic E-state index is 5.81. The number of hydrogen-bond acceptors (Lipinski definition) is 0. The summed E-state index contributed by atoms with van der Waals surface area (Å²) < 4.78 is 0. The smallest absolute Gasteiger partial charge is 0.0121 e. The van der Waals surface area contributed by atoms with Crippen LogP contribution in [0, 0.1) is 0 Å². The Kier molecular flexibility index (Phi) is 1.90. The highest BCUT2D eigenvalue weighted by Crippen LogP contribution is 2.24. The van der Waals surface area contributed by atoms with Crippen molar-refractivity contribution in [3.8, 4) is 11.1 Å². The van der Waals surface area contributed by atoms with Crippen molar-refractivity contribution in [2.24, 2.45) is 0 Å². The van der Waals surface area contributed by atoms with Gasteiger partial charge in [0.15, 0.2) is 0 Å². The summed E-state index contributed by atoms with van der Waals surface area (Å²) in [5.74, 6) is 0. The highest BCUT2D eigenvalue weighted by molar-refractivity contribution is 6.38. The molecule has 0 bridgehead atoms. The number of benzene rings is 2. The first-order valence-corrected chi connectivity index (χ1v) is 5.34. The van der Waals surface area contributed by atoms with E-state index in [1.54, 1.807) is 5.54 Å². The van der Waals surface area contributed by atoms with E-state index in [1.165, 1.54) is 21.9 Å². The van der Waals surface area contributed by atoms with Crippen LogP contribution in [-0.4, -0.2) is 0 Å². The Morgan fingerprint density at radius 2 is 1.67 bits per heavy atom. The maximum absolute atomic E-state index is 5.81. The van der Waals surface area contributed by atoms with Crippen molar-refractivity contribution in [3.05, 3.63) is 58.5 Å². The first-order chi connectivity index (χ1) is 7.40. The fourth-order valence-electron chi connectivity index (χ4n) is 2.10. The van der Waals surface area contributed by atoms with Crippen molar-refractivity contribution >= 4 is 23.2 Å². The fraction of sp³-hybridized carbons (Fsp3) is 0. The van der Waals surface area contributed by atoms with Crippen molar-refractivity contribution in [1.29, 1.82) is 0 Å². The van der Waals surface area contributed by atoms with Gasteiger partial charge in [-0.1, -0.05) is 54.1 Å². The molecule has 0 saturated carbocycles. The van der Waals surface area contributed by atoms with Gasteiger partial charge in [0.1, 0.15) is 0 Å². The lowest BCUT2D eigenvalue weighted by molar-refractivity contribution is 1.54. The van der Waals surface area contributed by atoms with Gasteiger partial charge in [0.25, 0.3) is 0 Å². The summed E-state index contributed by atoms with van der Waals surface area (Å²) in [7, 11) is 0. The summed E-state index contributed by atoms with van der Waals surface area (Å²) in [6.45, 7) is 0. The van der Waals surface area contributed by atoms with E-state index >= 15 is 0 Å². The monoisotopic (exact) mass is 212 g/mol. The number of hydrogen-bond donors (Lipinski definition) is 0. The second kappa shape index (κ2) is 3.25. The van der Waals surface area contributed by atoms with E-state index < -0.39 is 0 Å². The summed E-state index contributed by atoms with van der Waals surface area (Å²) in [6.07, 6.45) is 2.19. The van der Waals surface area contributed by atoms with Crippen LogP contribution in [-0.2, 0) is 0 Å². The van der Waals surface area contributed by atoms with Gasteiger partial charge in [-0.25, -0.2) is 0 Å². The van der Waals surface area contributed by atoms with Crippen LogP contribution in [0.5, 0.6) is 0 Å². The topological polar surface area (TPSA) is 0 Å². The lowest BCUT2D eigenvalue weighted by Crippen LogP contribution is -2.23. The minimum atomic E-state index is 1.09. The Morgan fingerprint density at radius 1 is 0.867 bits per heavy atom. The third-order valence-electron chi connectivity index (χ3n) is 2.81. The molecule has 72 valence electrons. The molecule has 0 atom stereocenters. The first kappa shape index (κ1) is 8.75. The standard InChI is InChI=1S/C14H9Cl/c15-9-11-5-3-7-13-12-6-2-1-4-10(12)8-14(11)13/h1-9H. The summed E-state index contributed by atoms with van der Waals surface area (Å²) in [6, 6.07) is 14.6. The van der Waals surface area contributed by atoms with Gasteiger partial charge in [-0.05, 0) is 33.2 Å². The molecule has 1 heteroatoms. The average Bonchev–Trinajstić information content (AvgIpc) is 2.67. The van der Waals surface area contributed by atoms with Gasteiger partial charge in [0.05, 0.1) is 0 Å². The lowest BCUT2D eigenvalue weighted by Gasteiger charge is -1.99. The van der Waals surface area contributed by atoms with E-state index in [-0.39, 0.29) is 0 Å². The average molecular weight is 213 g/mol. The second-order valence-corrected chi connectivity index (χ2v) is 3.87. The van der Waals surface area contributed by atoms with Crippen LogP contribution in [0.25, 0.3) is 22.7 Å². The molecule has 0 radical (unpaired) electrons. The summed E-state index contributed by atoms with van der Waals surface area (Å²) in [5.41, 5.74) is 5.49. The predicted octanol–water partition coefficient (Wildman–Crippen LogP) is 2.47. The van der Waals surface area contributed by atoms with Gasteiger partial charge in [0, 0.05) is 5.54 Å². The Balaban J connectivity index is 2.48. The highest BCUT2D eigenvalue weighted by atomic mass is 35.5. The van der Waals surface area contributed by atoms with E-state index in [1.807, 2.05) is 12.1 Å². The second-order valence-electron chi connectivity index (χ2n) is 3.65. The molecule has 0 N–H and O–H groups in total. The summed E-state index contributed by atoms with van der Waals surface area (Å²) in [5, 5.41) is 2.32. The first-order valence-electron chi connectivity index (χ1n) is 4.91. The summed E-state index contributed by atoms with van der Waals surface area (Å²) in [4.78, 5) is 0. The van der Waals surface area contributed by atoms with E-state index in [4.69, 9.17) is 11.6 Å². The van der Waals surface area contributed by atoms with Crippen molar-refractivity contribution in [3.63, 3.8) is 0 Å². The van der Waals surface area contributed by atoms with Crippen LogP contribution < -0.4 is 10.4 Å². The Morgan fingerprint density at radius 3 is 2.53 bits per heavy atom. The molecule has 1 aliphatic carbocycles. The number of fused-ring (bicyclic) bond motifs is 3. The van der Waals surface area contributed by atoms with Gasteiger partial charge in [-0.3, -0.25) is 0 Å². The zero-order chi connectivity index (χ0) is 10.3. The molecular weight excluding hydrogens is 204 g/mol. The number of rotatable bonds is 0. The Bertz CT molecular complexity index is 639. The normalized spacial score (nSPS) is 13.3. The molecule has 15 heavy (non-hydrogen) atoms. The highest BCUT2D eigenvalue weighted by Gasteiger charge is 2.10. The molecule has 0 aromatic heterocycles. The molecular formula is C14H9Cl. The van der Waals surface area contributed by atoms with Gasteiger partial charge >= 0.3 is 0 Å². The maximum Gasteiger partial charge on any atom is 0.0121 e. The molecule has 0 heterocycles. The van der Waals surface area contributed by atoms with Crippen LogP contribution in [0.2, 0.25) is 0 Å². The van der Waals surface area contributed by atoms with E-state index in [9.17, 15) is 0 Å². The molecule has 1 aliphatic rings. The largest absolute Gasteiger partial charge is 0.0923 e. The molecule has 2 aromatic rings. The van der Waals surface area contributed by atoms with E-state index in [0.29, 0.717) is 0 Å². The molecule has 0 nitrogen and oxygen atoms in total. The molecule has 0 unspecified atom stereocenters. The van der Waals surface area contributed by atoms with Gasteiger partial charge < -0.3 is 0 Å². The quantitative estimate of drug-likeness (QED) is 0.537. The minimum Gasteiger partial charge on any atom is -0.0923 e. The van der Waals surface area contributed by atoms with Crippen LogP contribution >= 0.6 is 11.6 Å². The molecule has 0 saturated heterocycles. The minimum absolute atomic E-state index is 1.09. The van der Waals surface area contributed by atoms with Crippen LogP contribution in [0.4, 0.5) is 0 Å². The van der Waals surface area contributed by atoms with Crippen molar-refractivity contribution in [2.45, 2.75) is 0 Å². The van der Waals surface area contributed by atoms with Gasteiger partial charge in [0.2, 0.25) is 0 Å². The molecule has 0 aliphatic heterocycles. The molecule has 3 rings (SSSR count). The predicted molar refractivity (Wildman–Crippen MR) is 65.0 cm³/mol. The van der Waals surface area contributed by atoms with Crippen molar-refractivity contribution in [2.75, 3.05) is 0 Å². The SMILES string of the molecule is ClC=c1cccc2c1=Cc1ccccc1-2. The summed E-state index contributed by atoms with van der Waals surface area (Å²) >= 11 is 5.81. The van der Waals surface area contributed by atoms with Crippen LogP contribution in [0.15, 0.2) is 42.5 Å². The third-order valence-corrected chi connectivity index (χ3v) is 3.04. The number of halogens is 1. The zero-order valence-corrected chi connectivity index (χ0v) is 8.83.